The molecule has 0 spiro atoms. The summed E-state index contributed by atoms with van der Waals surface area (Å²) in [4.78, 5) is 0. The lowest BCUT2D eigenvalue weighted by atomic mass is 10.1. The molecule has 0 aliphatic heterocycles. The van der Waals surface area contributed by atoms with Gasteiger partial charge in [-0.25, -0.2) is 0 Å². The monoisotopic (exact) mass is 231 g/mol. The van der Waals surface area contributed by atoms with Crippen molar-refractivity contribution < 1.29 is 4.74 Å². The van der Waals surface area contributed by atoms with Gasteiger partial charge >= 0.3 is 0 Å². The van der Waals surface area contributed by atoms with Crippen LogP contribution in [0, 0.1) is 0 Å². The van der Waals surface area contributed by atoms with Crippen LogP contribution in [0.3, 0.4) is 0 Å². The maximum Gasteiger partial charge on any atom is 0.0953 e. The molecule has 1 aliphatic carbocycles. The molecule has 1 aromatic rings. The Morgan fingerprint density at radius 2 is 2.12 bits per heavy atom. The van der Waals surface area contributed by atoms with E-state index in [-0.39, 0.29) is 6.10 Å². The number of benzene rings is 1. The van der Waals surface area contributed by atoms with Crippen molar-refractivity contribution in [3.8, 4) is 0 Å². The van der Waals surface area contributed by atoms with Crippen molar-refractivity contribution in [1.29, 1.82) is 0 Å². The highest BCUT2D eigenvalue weighted by molar-refractivity contribution is 5.18. The lowest BCUT2D eigenvalue weighted by Gasteiger charge is -2.18. The molecule has 1 saturated carbocycles. The smallest absolute Gasteiger partial charge is 0.0953 e. The second kappa shape index (κ2) is 6.58. The van der Waals surface area contributed by atoms with Gasteiger partial charge in [-0.1, -0.05) is 42.5 Å². The van der Waals surface area contributed by atoms with Gasteiger partial charge in [0.05, 0.1) is 12.7 Å². The van der Waals surface area contributed by atoms with Gasteiger partial charge < -0.3 is 10.1 Å². The summed E-state index contributed by atoms with van der Waals surface area (Å²) in [6.45, 7) is 3.61. The molecule has 1 unspecified atom stereocenters. The van der Waals surface area contributed by atoms with Crippen LogP contribution in [0.15, 0.2) is 42.5 Å². The number of allylic oxidation sites excluding steroid dienone is 1. The van der Waals surface area contributed by atoms with Gasteiger partial charge in [0.15, 0.2) is 0 Å². The van der Waals surface area contributed by atoms with Crippen LogP contribution in [0.25, 0.3) is 0 Å². The van der Waals surface area contributed by atoms with Crippen LogP contribution < -0.4 is 5.32 Å². The lowest BCUT2D eigenvalue weighted by Crippen LogP contribution is -2.25. The van der Waals surface area contributed by atoms with E-state index in [0.717, 1.165) is 12.6 Å². The van der Waals surface area contributed by atoms with Gasteiger partial charge in [-0.3, -0.25) is 0 Å². The van der Waals surface area contributed by atoms with Gasteiger partial charge in [-0.2, -0.15) is 0 Å². The molecule has 0 heterocycles. The molecule has 92 valence electrons. The van der Waals surface area contributed by atoms with Crippen molar-refractivity contribution in [2.75, 3.05) is 13.2 Å². The maximum absolute atomic E-state index is 5.90. The average Bonchev–Trinajstić information content (AvgIpc) is 3.19. The third kappa shape index (κ3) is 4.33. The molecule has 0 amide bonds. The topological polar surface area (TPSA) is 21.3 Å². The Morgan fingerprint density at radius 3 is 2.76 bits per heavy atom. The van der Waals surface area contributed by atoms with E-state index in [0.29, 0.717) is 6.61 Å². The molecule has 0 bridgehead atoms. The number of ether oxygens (including phenoxy) is 1. The summed E-state index contributed by atoms with van der Waals surface area (Å²) in [7, 11) is 0. The third-order valence-corrected chi connectivity index (χ3v) is 2.97. The minimum absolute atomic E-state index is 0.160. The van der Waals surface area contributed by atoms with E-state index in [1.807, 2.05) is 25.1 Å². The average molecular weight is 231 g/mol. The van der Waals surface area contributed by atoms with Gasteiger partial charge in [0.25, 0.3) is 0 Å². The molecule has 2 nitrogen and oxygen atoms in total. The van der Waals surface area contributed by atoms with Crippen LogP contribution >= 0.6 is 0 Å². The quantitative estimate of drug-likeness (QED) is 0.728. The Kier molecular flexibility index (Phi) is 4.77. The second-order valence-electron chi connectivity index (χ2n) is 4.48. The first kappa shape index (κ1) is 12.3. The minimum atomic E-state index is 0.160. The van der Waals surface area contributed by atoms with Crippen molar-refractivity contribution >= 4 is 0 Å². The molecule has 0 saturated heterocycles. The fourth-order valence-electron chi connectivity index (χ4n) is 1.77. The molecule has 0 aromatic heterocycles. The highest BCUT2D eigenvalue weighted by Crippen LogP contribution is 2.22. The largest absolute Gasteiger partial charge is 0.368 e. The molecule has 0 radical (unpaired) electrons. The molecule has 1 aromatic carbocycles. The van der Waals surface area contributed by atoms with Crippen LogP contribution in [0.1, 0.15) is 31.4 Å². The number of hydrogen-bond acceptors (Lipinski definition) is 2. The number of nitrogens with one attached hydrogen (secondary N) is 1. The van der Waals surface area contributed by atoms with Gasteiger partial charge in [-0.15, -0.1) is 0 Å². The van der Waals surface area contributed by atoms with Crippen molar-refractivity contribution in [3.05, 3.63) is 48.0 Å². The summed E-state index contributed by atoms with van der Waals surface area (Å²) in [6.07, 6.45) is 6.86. The lowest BCUT2D eigenvalue weighted by molar-refractivity contribution is 0.0734. The molecule has 1 aliphatic rings. The summed E-state index contributed by atoms with van der Waals surface area (Å²) in [6, 6.07) is 11.2. The van der Waals surface area contributed by atoms with Gasteiger partial charge in [0.2, 0.25) is 0 Å². The van der Waals surface area contributed by atoms with Crippen molar-refractivity contribution in [2.45, 2.75) is 31.9 Å². The van der Waals surface area contributed by atoms with Gasteiger partial charge in [0, 0.05) is 12.6 Å². The molecule has 1 N–H and O–H groups in total. The zero-order valence-electron chi connectivity index (χ0n) is 10.4. The molecular weight excluding hydrogens is 210 g/mol. The van der Waals surface area contributed by atoms with Crippen LogP contribution in [-0.2, 0) is 4.74 Å². The van der Waals surface area contributed by atoms with E-state index in [9.17, 15) is 0 Å². The molecule has 2 rings (SSSR count). The molecule has 1 fully saturated rings. The van der Waals surface area contributed by atoms with Crippen LogP contribution in [0.4, 0.5) is 0 Å². The van der Waals surface area contributed by atoms with E-state index < -0.39 is 0 Å². The summed E-state index contributed by atoms with van der Waals surface area (Å²) in [5, 5.41) is 3.53. The first-order valence-electron chi connectivity index (χ1n) is 6.41. The summed E-state index contributed by atoms with van der Waals surface area (Å²) in [5.41, 5.74) is 1.25. The van der Waals surface area contributed by atoms with Gasteiger partial charge in [-0.05, 0) is 25.3 Å². The fourth-order valence-corrected chi connectivity index (χ4v) is 1.77. The van der Waals surface area contributed by atoms with Crippen molar-refractivity contribution in [3.63, 3.8) is 0 Å². The van der Waals surface area contributed by atoms with E-state index in [1.165, 1.54) is 18.4 Å². The predicted molar refractivity (Wildman–Crippen MR) is 71.0 cm³/mol. The van der Waals surface area contributed by atoms with Crippen LogP contribution in [0.5, 0.6) is 0 Å². The third-order valence-electron chi connectivity index (χ3n) is 2.97. The summed E-state index contributed by atoms with van der Waals surface area (Å²) >= 11 is 0. The molecule has 17 heavy (non-hydrogen) atoms. The van der Waals surface area contributed by atoms with E-state index in [1.54, 1.807) is 0 Å². The summed E-state index contributed by atoms with van der Waals surface area (Å²) in [5.74, 6) is 0. The van der Waals surface area contributed by atoms with Crippen LogP contribution in [-0.4, -0.2) is 19.2 Å². The second-order valence-corrected chi connectivity index (χ2v) is 4.48. The van der Waals surface area contributed by atoms with Gasteiger partial charge in [0.1, 0.15) is 0 Å². The van der Waals surface area contributed by atoms with Crippen molar-refractivity contribution in [1.82, 2.24) is 5.32 Å². The highest BCUT2D eigenvalue weighted by Gasteiger charge is 2.22. The maximum atomic E-state index is 5.90. The number of hydrogen-bond donors (Lipinski definition) is 1. The predicted octanol–water partition coefficient (Wildman–Crippen LogP) is 3.07. The molecular formula is C15H21NO. The normalized spacial score (nSPS) is 17.5. The Morgan fingerprint density at radius 1 is 1.35 bits per heavy atom. The van der Waals surface area contributed by atoms with E-state index >= 15 is 0 Å². The van der Waals surface area contributed by atoms with E-state index in [4.69, 9.17) is 4.74 Å². The Balaban J connectivity index is 1.90. The standard InChI is InChI=1S/C15H21NO/c1-2-3-11-17-15(12-16-14-9-10-14)13-7-5-4-6-8-13/h2-8,14-16H,9-12H2,1H3. The van der Waals surface area contributed by atoms with Crippen molar-refractivity contribution in [2.24, 2.45) is 0 Å². The Hall–Kier alpha value is -1.12. The molecule has 1 atom stereocenters. The highest BCUT2D eigenvalue weighted by atomic mass is 16.5. The SMILES string of the molecule is CC=CCOC(CNC1CC1)c1ccccc1. The Labute approximate surface area is 104 Å². The zero-order valence-corrected chi connectivity index (χ0v) is 10.4. The fraction of sp³-hybridized carbons (Fsp3) is 0.467. The minimum Gasteiger partial charge on any atom is -0.368 e. The summed E-state index contributed by atoms with van der Waals surface area (Å²) < 4.78 is 5.90. The zero-order chi connectivity index (χ0) is 11.9. The number of rotatable bonds is 7. The van der Waals surface area contributed by atoms with Crippen LogP contribution in [0.2, 0.25) is 0 Å². The Bertz CT molecular complexity index is 343. The van der Waals surface area contributed by atoms with E-state index in [2.05, 4.69) is 29.6 Å². The molecule has 2 heteroatoms. The first-order valence-corrected chi connectivity index (χ1v) is 6.41. The first-order chi connectivity index (χ1) is 8.40.